The van der Waals surface area contributed by atoms with Gasteiger partial charge in [-0.2, -0.15) is 5.26 Å². The van der Waals surface area contributed by atoms with Crippen molar-refractivity contribution in [3.8, 4) is 11.8 Å². The minimum Gasteiger partial charge on any atom is -0.494 e. The highest BCUT2D eigenvalue weighted by molar-refractivity contribution is 6.35. The zero-order chi connectivity index (χ0) is 19.0. The van der Waals surface area contributed by atoms with Gasteiger partial charge in [0.25, 0.3) is 11.5 Å². The number of nitrogens with one attached hydrogen (secondary N) is 1. The van der Waals surface area contributed by atoms with Gasteiger partial charge in [-0.05, 0) is 43.5 Å². The lowest BCUT2D eigenvalue weighted by Crippen LogP contribution is -2.39. The normalized spacial score (nSPS) is 13.3. The number of pyridine rings is 1. The van der Waals surface area contributed by atoms with Crippen molar-refractivity contribution in [1.82, 2.24) is 9.88 Å². The number of carbonyl (C=O) groups excluding carboxylic acids is 1. The molecule has 0 fully saturated rings. The maximum absolute atomic E-state index is 13.0. The number of ether oxygens (including phenoxy) is 1. The molecule has 0 radical (unpaired) electrons. The molecule has 1 aromatic carbocycles. The van der Waals surface area contributed by atoms with Gasteiger partial charge in [0.2, 0.25) is 0 Å². The Balaban J connectivity index is 2.01. The minimum atomic E-state index is -0.265. The van der Waals surface area contributed by atoms with Crippen LogP contribution in [0.5, 0.6) is 5.75 Å². The Labute approximate surface area is 156 Å². The summed E-state index contributed by atoms with van der Waals surface area (Å²) in [5.74, 6) is -0.0640. The number of hydrogen-bond acceptors (Lipinski definition) is 4. The number of rotatable bonds is 3. The molecule has 26 heavy (non-hydrogen) atoms. The van der Waals surface area contributed by atoms with Crippen LogP contribution < -0.4 is 10.3 Å². The number of carbonyl (C=O) groups is 1. The van der Waals surface area contributed by atoms with Gasteiger partial charge in [-0.25, -0.2) is 0 Å². The Hall–Kier alpha value is -2.78. The van der Waals surface area contributed by atoms with Gasteiger partial charge in [-0.3, -0.25) is 9.59 Å². The van der Waals surface area contributed by atoms with Crippen LogP contribution in [-0.2, 0) is 13.0 Å². The molecule has 0 saturated carbocycles. The van der Waals surface area contributed by atoms with Crippen molar-refractivity contribution in [2.75, 3.05) is 13.7 Å². The highest BCUT2D eigenvalue weighted by Crippen LogP contribution is 2.37. The predicted octanol–water partition coefficient (Wildman–Crippen LogP) is 2.72. The molecule has 0 aliphatic carbocycles. The number of nitriles is 1. The van der Waals surface area contributed by atoms with Crippen molar-refractivity contribution in [3.05, 3.63) is 61.0 Å². The van der Waals surface area contributed by atoms with Crippen LogP contribution in [0.2, 0.25) is 5.02 Å². The first-order valence-corrected chi connectivity index (χ1v) is 8.53. The van der Waals surface area contributed by atoms with Crippen molar-refractivity contribution in [2.45, 2.75) is 26.8 Å². The zero-order valence-corrected chi connectivity index (χ0v) is 15.5. The van der Waals surface area contributed by atoms with Crippen molar-refractivity contribution in [1.29, 1.82) is 5.26 Å². The molecule has 0 bridgehead atoms. The predicted molar refractivity (Wildman–Crippen MR) is 97.7 cm³/mol. The van der Waals surface area contributed by atoms with Crippen molar-refractivity contribution < 1.29 is 9.53 Å². The van der Waals surface area contributed by atoms with E-state index in [2.05, 4.69) is 4.98 Å². The highest BCUT2D eigenvalue weighted by atomic mass is 35.5. The Morgan fingerprint density at radius 3 is 2.69 bits per heavy atom. The van der Waals surface area contributed by atoms with E-state index < -0.39 is 0 Å². The first-order chi connectivity index (χ1) is 12.4. The molecule has 1 aromatic heterocycles. The van der Waals surface area contributed by atoms with Crippen LogP contribution in [0.15, 0.2) is 16.9 Å². The number of benzene rings is 1. The molecule has 2 aromatic rings. The van der Waals surface area contributed by atoms with E-state index in [0.717, 1.165) is 16.8 Å². The molecule has 0 unspecified atom stereocenters. The van der Waals surface area contributed by atoms with Gasteiger partial charge in [0, 0.05) is 17.8 Å². The van der Waals surface area contributed by atoms with Gasteiger partial charge in [-0.15, -0.1) is 0 Å². The monoisotopic (exact) mass is 371 g/mol. The summed E-state index contributed by atoms with van der Waals surface area (Å²) in [6.07, 6.45) is 0.558. The molecular formula is C19H18ClN3O3. The molecule has 1 N–H and O–H groups in total. The van der Waals surface area contributed by atoms with Crippen LogP contribution in [0.3, 0.4) is 0 Å². The Morgan fingerprint density at radius 2 is 2.08 bits per heavy atom. The van der Waals surface area contributed by atoms with Crippen molar-refractivity contribution in [3.63, 3.8) is 0 Å². The number of aromatic amines is 1. The van der Waals surface area contributed by atoms with Gasteiger partial charge in [0.1, 0.15) is 6.07 Å². The van der Waals surface area contributed by atoms with E-state index in [1.165, 1.54) is 7.11 Å². The largest absolute Gasteiger partial charge is 0.494 e. The van der Waals surface area contributed by atoms with Gasteiger partial charge in [0.15, 0.2) is 5.75 Å². The zero-order valence-electron chi connectivity index (χ0n) is 14.8. The number of H-pyrrole nitrogens is 1. The number of aryl methyl sites for hydroxylation is 2. The van der Waals surface area contributed by atoms with E-state index in [9.17, 15) is 14.9 Å². The quantitative estimate of drug-likeness (QED) is 0.898. The van der Waals surface area contributed by atoms with Gasteiger partial charge in [-0.1, -0.05) is 11.6 Å². The van der Waals surface area contributed by atoms with Crippen molar-refractivity contribution in [2.24, 2.45) is 0 Å². The van der Waals surface area contributed by atoms with Crippen LogP contribution in [0.25, 0.3) is 0 Å². The first kappa shape index (κ1) is 18.0. The molecule has 0 atom stereocenters. The molecule has 7 heteroatoms. The first-order valence-electron chi connectivity index (χ1n) is 8.15. The van der Waals surface area contributed by atoms with Crippen LogP contribution in [-0.4, -0.2) is 29.4 Å². The molecule has 134 valence electrons. The lowest BCUT2D eigenvalue weighted by atomic mass is 9.95. The van der Waals surface area contributed by atoms with Crippen LogP contribution in [0, 0.1) is 25.2 Å². The lowest BCUT2D eigenvalue weighted by molar-refractivity contribution is 0.0726. The van der Waals surface area contributed by atoms with Gasteiger partial charge >= 0.3 is 0 Å². The second kappa shape index (κ2) is 6.85. The number of hydrogen-bond donors (Lipinski definition) is 1. The molecule has 1 amide bonds. The van der Waals surface area contributed by atoms with Gasteiger partial charge < -0.3 is 14.6 Å². The molecule has 3 rings (SSSR count). The molecule has 2 heterocycles. The summed E-state index contributed by atoms with van der Waals surface area (Å²) >= 11 is 6.37. The molecular weight excluding hydrogens is 354 g/mol. The lowest BCUT2D eigenvalue weighted by Gasteiger charge is -2.30. The number of fused-ring (bicyclic) bond motifs is 1. The van der Waals surface area contributed by atoms with Crippen LogP contribution >= 0.6 is 11.6 Å². The second-order valence-corrected chi connectivity index (χ2v) is 6.71. The maximum atomic E-state index is 13.0. The number of aromatic nitrogens is 1. The van der Waals surface area contributed by atoms with Gasteiger partial charge in [0.05, 0.1) is 29.8 Å². The minimum absolute atomic E-state index is 0.144. The number of halogens is 1. The van der Waals surface area contributed by atoms with Crippen LogP contribution in [0.1, 0.15) is 38.3 Å². The Bertz CT molecular complexity index is 1000. The fraction of sp³-hybridized carbons (Fsp3) is 0.316. The maximum Gasteiger partial charge on any atom is 0.256 e. The average Bonchev–Trinajstić information content (AvgIpc) is 2.59. The topological polar surface area (TPSA) is 86.2 Å². The summed E-state index contributed by atoms with van der Waals surface area (Å²) < 4.78 is 5.21. The summed E-state index contributed by atoms with van der Waals surface area (Å²) in [7, 11) is 1.41. The fourth-order valence-electron chi connectivity index (χ4n) is 3.33. The number of nitrogens with zero attached hydrogens (tertiary/aromatic N) is 2. The second-order valence-electron chi connectivity index (χ2n) is 6.34. The molecule has 1 aliphatic rings. The standard InChI is InChI=1S/C19H18ClN3O3/c1-10-6-11(2)22-18(24)14(10)9-23-5-4-12-7-13(8-21)17(26-3)16(20)15(12)19(23)25/h6-7H,4-5,9H2,1-3H3,(H,22,24). The SMILES string of the molecule is COc1c(C#N)cc2c(c1Cl)C(=O)N(Cc1c(C)cc(C)[nH]c1=O)CC2. The molecule has 6 nitrogen and oxygen atoms in total. The van der Waals surface area contributed by atoms with E-state index in [0.29, 0.717) is 29.7 Å². The average molecular weight is 372 g/mol. The summed E-state index contributed by atoms with van der Waals surface area (Å²) in [6, 6.07) is 5.58. The van der Waals surface area contributed by atoms with Crippen molar-refractivity contribution >= 4 is 17.5 Å². The summed E-state index contributed by atoms with van der Waals surface area (Å²) in [5.41, 5.74) is 3.37. The molecule has 1 aliphatic heterocycles. The van der Waals surface area contributed by atoms with E-state index in [-0.39, 0.29) is 28.8 Å². The van der Waals surface area contributed by atoms with E-state index in [4.69, 9.17) is 16.3 Å². The fourth-order valence-corrected chi connectivity index (χ4v) is 3.71. The number of amides is 1. The third kappa shape index (κ3) is 2.95. The third-order valence-corrected chi connectivity index (χ3v) is 4.98. The third-order valence-electron chi connectivity index (χ3n) is 4.62. The highest BCUT2D eigenvalue weighted by Gasteiger charge is 2.30. The summed E-state index contributed by atoms with van der Waals surface area (Å²) in [6.45, 7) is 4.33. The number of methoxy groups -OCH3 is 1. The summed E-state index contributed by atoms with van der Waals surface area (Å²) in [5, 5.41) is 9.39. The van der Waals surface area contributed by atoms with Crippen LogP contribution in [0.4, 0.5) is 0 Å². The molecule has 0 spiro atoms. The Kier molecular flexibility index (Phi) is 4.75. The Morgan fingerprint density at radius 1 is 1.35 bits per heavy atom. The van der Waals surface area contributed by atoms with E-state index >= 15 is 0 Å². The van der Waals surface area contributed by atoms with E-state index in [1.54, 1.807) is 11.0 Å². The molecule has 0 saturated heterocycles. The summed E-state index contributed by atoms with van der Waals surface area (Å²) in [4.78, 5) is 29.6. The van der Waals surface area contributed by atoms with E-state index in [1.807, 2.05) is 26.0 Å². The smallest absolute Gasteiger partial charge is 0.256 e.